The molecule has 0 saturated carbocycles. The van der Waals surface area contributed by atoms with Crippen LogP contribution in [0.2, 0.25) is 0 Å². The fraction of sp³-hybridized carbons (Fsp3) is 0.538. The number of rotatable bonds is 8. The van der Waals surface area contributed by atoms with Crippen LogP contribution in [0.5, 0.6) is 0 Å². The van der Waals surface area contributed by atoms with E-state index in [9.17, 15) is 23.7 Å². The third kappa shape index (κ3) is 4.82. The number of aromatic amines is 1. The second kappa shape index (κ2) is 8.76. The number of ether oxygens (including phenoxy) is 2. The summed E-state index contributed by atoms with van der Waals surface area (Å²) in [4.78, 5) is 47.6. The molecule has 1 aliphatic rings. The van der Waals surface area contributed by atoms with Crippen LogP contribution >= 0.6 is 19.5 Å². The number of carboxylic acid groups (broad SMARTS) is 2. The average molecular weight is 423 g/mol. The van der Waals surface area contributed by atoms with Gasteiger partial charge in [0, 0.05) is 25.8 Å². The number of methoxy groups -OCH3 is 1. The lowest BCUT2D eigenvalue weighted by atomic mass is 9.97. The molecule has 1 aliphatic heterocycles. The molecule has 3 N–H and O–H groups in total. The summed E-state index contributed by atoms with van der Waals surface area (Å²) in [5, 5.41) is 18.2. The number of carboxylic acids is 2. The highest BCUT2D eigenvalue weighted by atomic mass is 32.7. The third-order valence-electron chi connectivity index (χ3n) is 3.96. The lowest BCUT2D eigenvalue weighted by Crippen LogP contribution is -2.39. The quantitative estimate of drug-likeness (QED) is 0.245. The van der Waals surface area contributed by atoms with E-state index in [2.05, 4.69) is 12.2 Å². The molecule has 1 aromatic rings. The summed E-state index contributed by atoms with van der Waals surface area (Å²) in [5.74, 6) is -5.03. The van der Waals surface area contributed by atoms with E-state index in [1.807, 2.05) is 4.98 Å². The minimum atomic E-state index is -2.48. The van der Waals surface area contributed by atoms with Crippen LogP contribution in [-0.4, -0.2) is 57.1 Å². The zero-order valence-corrected chi connectivity index (χ0v) is 15.5. The lowest BCUT2D eigenvalue weighted by molar-refractivity contribution is -0.157. The van der Waals surface area contributed by atoms with Crippen LogP contribution in [0.3, 0.4) is 0 Å². The van der Waals surface area contributed by atoms with Crippen molar-refractivity contribution in [3.63, 3.8) is 0 Å². The van der Waals surface area contributed by atoms with Crippen LogP contribution in [-0.2, 0) is 28.2 Å². The molecule has 0 bridgehead atoms. The Kier molecular flexibility index (Phi) is 6.89. The number of H-pyrrole nitrogens is 1. The maximum Gasteiger partial charge on any atom is 0.582 e. The van der Waals surface area contributed by atoms with Crippen molar-refractivity contribution < 1.29 is 38.4 Å². The van der Waals surface area contributed by atoms with E-state index in [1.165, 1.54) is 7.11 Å². The monoisotopic (exact) mass is 423 g/mol. The summed E-state index contributed by atoms with van der Waals surface area (Å²) in [5.41, 5.74) is -1.49. The van der Waals surface area contributed by atoms with E-state index in [0.717, 1.165) is 16.8 Å². The third-order valence-corrected chi connectivity index (χ3v) is 4.67. The SMILES string of the molecule is CO[C@@H]1[C@H](O[P+](=O)S)C(CC(C(=O)O)C(=O)O)O[C@H]1n1ccc(=O)[nH]c1=O. The van der Waals surface area contributed by atoms with Crippen LogP contribution < -0.4 is 11.2 Å². The first kappa shape index (κ1) is 21.3. The van der Waals surface area contributed by atoms with E-state index in [0.29, 0.717) is 0 Å². The fourth-order valence-electron chi connectivity index (χ4n) is 2.77. The molecular weight excluding hydrogens is 407 g/mol. The predicted octanol–water partition coefficient (Wildman–Crippen LogP) is -0.403. The van der Waals surface area contributed by atoms with Gasteiger partial charge in [-0.05, 0) is 4.57 Å². The highest BCUT2D eigenvalue weighted by Crippen LogP contribution is 2.41. The lowest BCUT2D eigenvalue weighted by Gasteiger charge is -2.20. The van der Waals surface area contributed by atoms with E-state index >= 15 is 0 Å². The standard InChI is InChI=1S/C13H15N2O10PS/c1-23-9-8(25-26(22)27)6(4-5(11(17)18)12(19)20)24-10(9)15-3-2-7(16)14-13(15)21/h2-3,5-6,8-10H,4H2,1H3,(H3-,14,16,17,18,19,20,21,22,27)/p+1/t6?,8-,9-,10-/m1/s1. The van der Waals surface area contributed by atoms with Crippen molar-refractivity contribution in [2.45, 2.75) is 31.0 Å². The molecule has 1 fully saturated rings. The number of aromatic nitrogens is 2. The van der Waals surface area contributed by atoms with Gasteiger partial charge < -0.3 is 19.7 Å². The number of aliphatic carboxylic acids is 2. The molecule has 1 saturated heterocycles. The fourth-order valence-corrected chi connectivity index (χ4v) is 3.56. The molecule has 14 heteroatoms. The van der Waals surface area contributed by atoms with Gasteiger partial charge in [0.15, 0.2) is 18.2 Å². The Morgan fingerprint density at radius 3 is 2.48 bits per heavy atom. The topological polar surface area (TPSA) is 174 Å². The number of carbonyl (C=O) groups is 2. The smallest absolute Gasteiger partial charge is 0.481 e. The van der Waals surface area contributed by atoms with Crippen molar-refractivity contribution in [3.05, 3.63) is 33.1 Å². The maximum atomic E-state index is 12.0. The van der Waals surface area contributed by atoms with Crippen molar-refractivity contribution in [3.8, 4) is 0 Å². The van der Waals surface area contributed by atoms with Gasteiger partial charge in [-0.3, -0.25) is 23.9 Å². The normalized spacial score (nSPS) is 25.5. The van der Waals surface area contributed by atoms with Crippen molar-refractivity contribution in [2.24, 2.45) is 5.92 Å². The van der Waals surface area contributed by atoms with E-state index in [4.69, 9.17) is 24.2 Å². The average Bonchev–Trinajstić information content (AvgIpc) is 2.88. The van der Waals surface area contributed by atoms with Gasteiger partial charge in [-0.1, -0.05) is 0 Å². The van der Waals surface area contributed by atoms with Gasteiger partial charge in [-0.15, -0.1) is 4.52 Å². The summed E-state index contributed by atoms with van der Waals surface area (Å²) in [6.45, 7) is 0. The van der Waals surface area contributed by atoms with Crippen molar-refractivity contribution >= 4 is 31.4 Å². The second-order valence-corrected chi connectivity index (χ2v) is 7.22. The zero-order chi connectivity index (χ0) is 20.3. The molecule has 0 aromatic carbocycles. The van der Waals surface area contributed by atoms with Crippen molar-refractivity contribution in [1.82, 2.24) is 9.55 Å². The molecule has 148 valence electrons. The molecule has 0 amide bonds. The second-order valence-electron chi connectivity index (χ2n) is 5.56. The Morgan fingerprint density at radius 2 is 2.00 bits per heavy atom. The number of hydrogen-bond acceptors (Lipinski definition) is 8. The summed E-state index contributed by atoms with van der Waals surface area (Å²) in [7, 11) is -1.24. The van der Waals surface area contributed by atoms with Gasteiger partial charge in [0.25, 0.3) is 5.56 Å². The summed E-state index contributed by atoms with van der Waals surface area (Å²) in [6, 6.07) is 1.05. The van der Waals surface area contributed by atoms with Crippen LogP contribution in [0.1, 0.15) is 12.6 Å². The molecule has 1 aromatic heterocycles. The van der Waals surface area contributed by atoms with Gasteiger partial charge in [-0.25, -0.2) is 4.79 Å². The highest BCUT2D eigenvalue weighted by Gasteiger charge is 2.52. The van der Waals surface area contributed by atoms with Crippen LogP contribution in [0.25, 0.3) is 0 Å². The summed E-state index contributed by atoms with van der Waals surface area (Å²) >= 11 is 3.64. The van der Waals surface area contributed by atoms with Crippen LogP contribution in [0.15, 0.2) is 21.9 Å². The van der Waals surface area contributed by atoms with Crippen molar-refractivity contribution in [2.75, 3.05) is 7.11 Å². The minimum Gasteiger partial charge on any atom is -0.481 e. The predicted molar refractivity (Wildman–Crippen MR) is 90.9 cm³/mol. The summed E-state index contributed by atoms with van der Waals surface area (Å²) < 4.78 is 28.4. The van der Waals surface area contributed by atoms with E-state index < -0.39 is 67.3 Å². The maximum absolute atomic E-state index is 12.0. The molecule has 12 nitrogen and oxygen atoms in total. The highest BCUT2D eigenvalue weighted by molar-refractivity contribution is 8.39. The number of hydrogen-bond donors (Lipinski definition) is 4. The molecular formula is C13H16N2O10PS+. The largest absolute Gasteiger partial charge is 0.582 e. The number of nitrogens with zero attached hydrogens (tertiary/aromatic N) is 1. The Hall–Kier alpha value is -2.05. The van der Waals surface area contributed by atoms with E-state index in [1.54, 1.807) is 0 Å². The molecule has 0 aliphatic carbocycles. The molecule has 2 unspecified atom stereocenters. The first-order chi connectivity index (χ1) is 12.6. The Bertz CT molecular complexity index is 840. The van der Waals surface area contributed by atoms with Crippen molar-refractivity contribution in [1.29, 1.82) is 0 Å². The first-order valence-electron chi connectivity index (χ1n) is 7.44. The zero-order valence-electron chi connectivity index (χ0n) is 13.8. The van der Waals surface area contributed by atoms with Gasteiger partial charge >= 0.3 is 24.9 Å². The summed E-state index contributed by atoms with van der Waals surface area (Å²) in [6.07, 6.45) is -4.04. The van der Waals surface area contributed by atoms with Crippen LogP contribution in [0, 0.1) is 5.92 Å². The number of nitrogens with one attached hydrogen (secondary N) is 1. The van der Waals surface area contributed by atoms with Gasteiger partial charge in [0.1, 0.15) is 18.4 Å². The van der Waals surface area contributed by atoms with Gasteiger partial charge in [0.2, 0.25) is 0 Å². The number of thiol groups is 1. The Labute approximate surface area is 157 Å². The Balaban J connectivity index is 2.41. The first-order valence-corrected chi connectivity index (χ1v) is 9.77. The Morgan fingerprint density at radius 1 is 1.37 bits per heavy atom. The molecule has 2 rings (SSSR count). The molecule has 27 heavy (non-hydrogen) atoms. The van der Waals surface area contributed by atoms with Gasteiger partial charge in [-0.2, -0.15) is 0 Å². The minimum absolute atomic E-state index is 0.541. The van der Waals surface area contributed by atoms with E-state index in [-0.39, 0.29) is 0 Å². The molecule has 5 atom stereocenters. The van der Waals surface area contributed by atoms with Crippen LogP contribution in [0.4, 0.5) is 0 Å². The molecule has 0 radical (unpaired) electrons. The molecule has 2 heterocycles. The molecule has 0 spiro atoms. The van der Waals surface area contributed by atoms with Gasteiger partial charge in [0.05, 0.1) is 6.10 Å².